The first-order valence-electron chi connectivity index (χ1n) is 9.99. The number of hydrogen-bond acceptors (Lipinski definition) is 4. The molecule has 2 atom stereocenters. The third kappa shape index (κ3) is 3.37. The summed E-state index contributed by atoms with van der Waals surface area (Å²) >= 11 is 0. The lowest BCUT2D eigenvalue weighted by Crippen LogP contribution is -2.35. The molecule has 0 aliphatic carbocycles. The van der Waals surface area contributed by atoms with Crippen molar-refractivity contribution in [1.82, 2.24) is 19.4 Å². The molecule has 1 aromatic carbocycles. The summed E-state index contributed by atoms with van der Waals surface area (Å²) in [5, 5.41) is 0. The Balaban J connectivity index is 1.73. The quantitative estimate of drug-likeness (QED) is 0.745. The molecule has 0 bridgehead atoms. The number of piperidine rings is 1. The van der Waals surface area contributed by atoms with Crippen LogP contribution in [0.4, 0.5) is 0 Å². The summed E-state index contributed by atoms with van der Waals surface area (Å²) in [5.41, 5.74) is 10.6. The van der Waals surface area contributed by atoms with Gasteiger partial charge >= 0.3 is 0 Å². The van der Waals surface area contributed by atoms with Gasteiger partial charge in [0.2, 0.25) is 0 Å². The Labute approximate surface area is 161 Å². The number of imidazole rings is 1. The van der Waals surface area contributed by atoms with E-state index in [0.29, 0.717) is 18.6 Å². The van der Waals surface area contributed by atoms with Gasteiger partial charge < -0.3 is 10.3 Å². The molecule has 2 unspecified atom stereocenters. The minimum atomic E-state index is 0.301. The highest BCUT2D eigenvalue weighted by Gasteiger charge is 2.34. The molecule has 2 aromatic heterocycles. The summed E-state index contributed by atoms with van der Waals surface area (Å²) < 4.78 is 2.39. The zero-order valence-electron chi connectivity index (χ0n) is 16.3. The lowest BCUT2D eigenvalue weighted by Gasteiger charge is -2.39. The van der Waals surface area contributed by atoms with Crippen LogP contribution in [0.3, 0.4) is 0 Å². The molecule has 5 heteroatoms. The van der Waals surface area contributed by atoms with E-state index in [9.17, 15) is 0 Å². The van der Waals surface area contributed by atoms with Crippen LogP contribution in [0, 0.1) is 6.92 Å². The largest absolute Gasteiger partial charge is 0.330 e. The van der Waals surface area contributed by atoms with Gasteiger partial charge in [-0.15, -0.1) is 0 Å². The average Bonchev–Trinajstić information content (AvgIpc) is 3.05. The highest BCUT2D eigenvalue weighted by Crippen LogP contribution is 2.40. The average molecular weight is 364 g/mol. The topological polar surface area (TPSA) is 60.0 Å². The fourth-order valence-electron chi connectivity index (χ4n) is 4.45. The van der Waals surface area contributed by atoms with Crippen LogP contribution >= 0.6 is 0 Å². The van der Waals surface area contributed by atoms with Gasteiger partial charge in [0.15, 0.2) is 0 Å². The summed E-state index contributed by atoms with van der Waals surface area (Å²) in [6, 6.07) is 13.3. The van der Waals surface area contributed by atoms with Crippen LogP contribution < -0.4 is 5.73 Å². The van der Waals surface area contributed by atoms with E-state index >= 15 is 0 Å². The molecule has 0 spiro atoms. The predicted molar refractivity (Wildman–Crippen MR) is 109 cm³/mol. The van der Waals surface area contributed by atoms with E-state index in [2.05, 4.69) is 53.8 Å². The fraction of sp³-hybridized carbons (Fsp3) is 0.455. The van der Waals surface area contributed by atoms with Crippen LogP contribution in [0.2, 0.25) is 0 Å². The molecule has 3 heterocycles. The molecule has 3 aromatic rings. The van der Waals surface area contributed by atoms with E-state index in [0.717, 1.165) is 31.3 Å². The van der Waals surface area contributed by atoms with Gasteiger partial charge in [-0.25, -0.2) is 4.98 Å². The van der Waals surface area contributed by atoms with Crippen molar-refractivity contribution in [3.05, 3.63) is 59.7 Å². The maximum atomic E-state index is 5.81. The first kappa shape index (κ1) is 18.1. The van der Waals surface area contributed by atoms with Crippen LogP contribution in [-0.2, 0) is 6.54 Å². The third-order valence-electron chi connectivity index (χ3n) is 5.87. The lowest BCUT2D eigenvalue weighted by atomic mass is 9.92. The number of nitrogens with zero attached hydrogens (tertiary/aromatic N) is 4. The molecule has 2 N–H and O–H groups in total. The van der Waals surface area contributed by atoms with Crippen LogP contribution in [0.25, 0.3) is 11.0 Å². The summed E-state index contributed by atoms with van der Waals surface area (Å²) in [5.74, 6) is 1.17. The monoisotopic (exact) mass is 363 g/mol. The van der Waals surface area contributed by atoms with Crippen LogP contribution in [-0.4, -0.2) is 33.0 Å². The van der Waals surface area contributed by atoms with Gasteiger partial charge in [-0.2, -0.15) is 0 Å². The van der Waals surface area contributed by atoms with Gasteiger partial charge in [0.25, 0.3) is 0 Å². The van der Waals surface area contributed by atoms with Gasteiger partial charge in [0.05, 0.1) is 28.8 Å². The normalized spacial score (nSPS) is 21.0. The van der Waals surface area contributed by atoms with Gasteiger partial charge in [-0.1, -0.05) is 18.2 Å². The van der Waals surface area contributed by atoms with E-state index in [1.165, 1.54) is 29.0 Å². The molecular formula is C22H29N5. The minimum absolute atomic E-state index is 0.301. The van der Waals surface area contributed by atoms with Gasteiger partial charge in [0.1, 0.15) is 5.82 Å². The molecule has 0 radical (unpaired) electrons. The number of hydrogen-bond donors (Lipinski definition) is 1. The zero-order valence-corrected chi connectivity index (χ0v) is 16.3. The molecular weight excluding hydrogens is 334 g/mol. The Morgan fingerprint density at radius 2 is 1.93 bits per heavy atom. The van der Waals surface area contributed by atoms with Gasteiger partial charge in [0, 0.05) is 12.7 Å². The van der Waals surface area contributed by atoms with Crippen molar-refractivity contribution in [2.75, 3.05) is 13.6 Å². The Morgan fingerprint density at radius 3 is 2.74 bits per heavy atom. The Kier molecular flexibility index (Phi) is 5.23. The maximum absolute atomic E-state index is 5.81. The molecule has 1 aliphatic rings. The summed E-state index contributed by atoms with van der Waals surface area (Å²) in [6.45, 7) is 3.78. The molecule has 5 nitrogen and oxygen atoms in total. The first-order chi connectivity index (χ1) is 13.2. The predicted octanol–water partition coefficient (Wildman–Crippen LogP) is 3.99. The SMILES string of the molecule is Cc1cccnc1C1CCCC(c2nc3ccccc3n2CCCN)N1C. The summed E-state index contributed by atoms with van der Waals surface area (Å²) in [6.07, 6.45) is 6.34. The Hall–Kier alpha value is -2.24. The van der Waals surface area contributed by atoms with Crippen LogP contribution in [0.1, 0.15) is 54.8 Å². The molecule has 27 heavy (non-hydrogen) atoms. The molecule has 1 fully saturated rings. The van der Waals surface area contributed by atoms with E-state index in [1.54, 1.807) is 0 Å². The molecule has 4 rings (SSSR count). The number of nitrogens with two attached hydrogens (primary N) is 1. The Morgan fingerprint density at radius 1 is 1.11 bits per heavy atom. The van der Waals surface area contributed by atoms with E-state index in [4.69, 9.17) is 15.7 Å². The second kappa shape index (κ2) is 7.79. The third-order valence-corrected chi connectivity index (χ3v) is 5.87. The standard InChI is InChI=1S/C22H29N5/c1-16-8-6-14-24-21(16)19-11-5-12-20(26(19)2)22-25-17-9-3-4-10-18(17)27(22)15-7-13-23/h3-4,6,8-10,14,19-20H,5,7,11-13,15,23H2,1-2H3. The number of para-hydroxylation sites is 2. The number of likely N-dealkylation sites (tertiary alicyclic amines) is 1. The molecule has 1 saturated heterocycles. The van der Waals surface area contributed by atoms with Crippen LogP contribution in [0.5, 0.6) is 0 Å². The second-order valence-corrected chi connectivity index (χ2v) is 7.59. The number of aromatic nitrogens is 3. The van der Waals surface area contributed by atoms with Crippen molar-refractivity contribution in [1.29, 1.82) is 0 Å². The number of fused-ring (bicyclic) bond motifs is 1. The van der Waals surface area contributed by atoms with Crippen molar-refractivity contribution >= 4 is 11.0 Å². The first-order valence-corrected chi connectivity index (χ1v) is 9.99. The van der Waals surface area contributed by atoms with Gasteiger partial charge in [-0.05, 0) is 70.0 Å². The second-order valence-electron chi connectivity index (χ2n) is 7.59. The van der Waals surface area contributed by atoms with Crippen LogP contribution in [0.15, 0.2) is 42.6 Å². The number of aryl methyl sites for hydroxylation is 2. The zero-order chi connectivity index (χ0) is 18.8. The molecule has 0 amide bonds. The van der Waals surface area contributed by atoms with Crippen molar-refractivity contribution in [2.45, 2.75) is 51.2 Å². The van der Waals surface area contributed by atoms with Gasteiger partial charge in [-0.3, -0.25) is 9.88 Å². The number of benzene rings is 1. The highest BCUT2D eigenvalue weighted by molar-refractivity contribution is 5.76. The minimum Gasteiger partial charge on any atom is -0.330 e. The van der Waals surface area contributed by atoms with E-state index < -0.39 is 0 Å². The van der Waals surface area contributed by atoms with Crippen molar-refractivity contribution in [3.63, 3.8) is 0 Å². The molecule has 0 saturated carbocycles. The lowest BCUT2D eigenvalue weighted by molar-refractivity contribution is 0.104. The summed E-state index contributed by atoms with van der Waals surface area (Å²) in [7, 11) is 2.23. The van der Waals surface area contributed by atoms with Crippen molar-refractivity contribution in [2.24, 2.45) is 5.73 Å². The smallest absolute Gasteiger partial charge is 0.127 e. The van der Waals surface area contributed by atoms with Crippen molar-refractivity contribution < 1.29 is 0 Å². The van der Waals surface area contributed by atoms with Crippen molar-refractivity contribution in [3.8, 4) is 0 Å². The molecule has 1 aliphatic heterocycles. The van der Waals surface area contributed by atoms with E-state index in [-0.39, 0.29) is 0 Å². The highest BCUT2D eigenvalue weighted by atomic mass is 15.2. The number of rotatable bonds is 5. The fourth-order valence-corrected chi connectivity index (χ4v) is 4.45. The Bertz CT molecular complexity index is 916. The van der Waals surface area contributed by atoms with E-state index in [1.807, 2.05) is 12.3 Å². The summed E-state index contributed by atoms with van der Waals surface area (Å²) in [4.78, 5) is 12.2. The molecule has 142 valence electrons. The maximum Gasteiger partial charge on any atom is 0.127 e. The number of pyridine rings is 1.